The molecule has 3 aromatic rings. The first-order valence-corrected chi connectivity index (χ1v) is 9.21. The minimum atomic E-state index is -0.120. The Hall–Kier alpha value is -2.60. The van der Waals surface area contributed by atoms with E-state index in [1.165, 1.54) is 0 Å². The number of hydrogen-bond donors (Lipinski definition) is 1. The van der Waals surface area contributed by atoms with Crippen molar-refractivity contribution in [2.45, 2.75) is 13.3 Å². The molecule has 5 nitrogen and oxygen atoms in total. The summed E-state index contributed by atoms with van der Waals surface area (Å²) in [4.78, 5) is 12.4. The summed E-state index contributed by atoms with van der Waals surface area (Å²) >= 11 is 3.42. The maximum atomic E-state index is 12.4. The number of nitrogens with one attached hydrogen (secondary N) is 1. The van der Waals surface area contributed by atoms with Gasteiger partial charge < -0.3 is 10.1 Å². The average molecular weight is 414 g/mol. The monoisotopic (exact) mass is 413 g/mol. The van der Waals surface area contributed by atoms with Crippen LogP contribution in [0.15, 0.2) is 65.3 Å². The number of para-hydroxylation sites is 1. The molecule has 0 saturated heterocycles. The van der Waals surface area contributed by atoms with Crippen LogP contribution < -0.4 is 10.1 Å². The number of halogens is 1. The zero-order valence-electron chi connectivity index (χ0n) is 14.5. The van der Waals surface area contributed by atoms with E-state index in [1.807, 2.05) is 61.5 Å². The summed E-state index contributed by atoms with van der Waals surface area (Å²) < 4.78 is 8.38. The van der Waals surface area contributed by atoms with Crippen LogP contribution in [-0.2, 0) is 0 Å². The van der Waals surface area contributed by atoms with Crippen LogP contribution in [0.2, 0.25) is 0 Å². The molecule has 0 aliphatic heterocycles. The molecule has 3 rings (SSSR count). The molecule has 2 aromatic carbocycles. The van der Waals surface area contributed by atoms with Crippen molar-refractivity contribution in [2.24, 2.45) is 0 Å². The van der Waals surface area contributed by atoms with Crippen LogP contribution in [0.3, 0.4) is 0 Å². The van der Waals surface area contributed by atoms with Gasteiger partial charge in [0.2, 0.25) is 0 Å². The molecule has 1 amide bonds. The van der Waals surface area contributed by atoms with E-state index < -0.39 is 0 Å². The summed E-state index contributed by atoms with van der Waals surface area (Å²) in [6.07, 6.45) is 2.34. The first-order valence-electron chi connectivity index (χ1n) is 8.42. The lowest BCUT2D eigenvalue weighted by Crippen LogP contribution is -2.26. The number of ether oxygens (including phenoxy) is 1. The summed E-state index contributed by atoms with van der Waals surface area (Å²) in [5.41, 5.74) is 2.31. The number of aromatic nitrogens is 2. The van der Waals surface area contributed by atoms with Gasteiger partial charge in [-0.2, -0.15) is 5.10 Å². The molecule has 6 heteroatoms. The van der Waals surface area contributed by atoms with E-state index in [0.717, 1.165) is 28.0 Å². The number of carbonyl (C=O) groups excluding carboxylic acids is 1. The highest BCUT2D eigenvalue weighted by Crippen LogP contribution is 2.17. The number of hydrogen-bond acceptors (Lipinski definition) is 3. The van der Waals surface area contributed by atoms with E-state index >= 15 is 0 Å². The SMILES string of the molecule is Cc1c(C(=O)NCCCOc2ccccc2)cnn1-c1ccc(Br)cc1. The number of amides is 1. The molecule has 1 aromatic heterocycles. The highest BCUT2D eigenvalue weighted by Gasteiger charge is 2.14. The van der Waals surface area contributed by atoms with Crippen LogP contribution in [0.4, 0.5) is 0 Å². The number of nitrogens with zero attached hydrogens (tertiary/aromatic N) is 2. The maximum absolute atomic E-state index is 12.4. The number of benzene rings is 2. The van der Waals surface area contributed by atoms with Gasteiger partial charge in [-0.25, -0.2) is 4.68 Å². The summed E-state index contributed by atoms with van der Waals surface area (Å²) in [7, 11) is 0. The fourth-order valence-corrected chi connectivity index (χ4v) is 2.82. The van der Waals surface area contributed by atoms with Gasteiger partial charge in [0, 0.05) is 11.0 Å². The average Bonchev–Trinajstić information content (AvgIpc) is 3.04. The van der Waals surface area contributed by atoms with E-state index in [2.05, 4.69) is 26.3 Å². The van der Waals surface area contributed by atoms with Gasteiger partial charge in [-0.1, -0.05) is 34.1 Å². The normalized spacial score (nSPS) is 10.5. The fraction of sp³-hybridized carbons (Fsp3) is 0.200. The topological polar surface area (TPSA) is 56.1 Å². The van der Waals surface area contributed by atoms with Gasteiger partial charge in [0.15, 0.2) is 0 Å². The minimum Gasteiger partial charge on any atom is -0.494 e. The van der Waals surface area contributed by atoms with E-state index in [1.54, 1.807) is 10.9 Å². The Labute approximate surface area is 161 Å². The van der Waals surface area contributed by atoms with Gasteiger partial charge in [-0.3, -0.25) is 4.79 Å². The molecular formula is C20H20BrN3O2. The van der Waals surface area contributed by atoms with Crippen LogP contribution in [0, 0.1) is 6.92 Å². The fourth-order valence-electron chi connectivity index (χ4n) is 2.55. The Morgan fingerprint density at radius 3 is 2.62 bits per heavy atom. The van der Waals surface area contributed by atoms with Crippen molar-refractivity contribution < 1.29 is 9.53 Å². The Morgan fingerprint density at radius 2 is 1.88 bits per heavy atom. The Morgan fingerprint density at radius 1 is 1.15 bits per heavy atom. The van der Waals surface area contributed by atoms with Crippen molar-refractivity contribution in [1.82, 2.24) is 15.1 Å². The summed E-state index contributed by atoms with van der Waals surface area (Å²) in [5, 5.41) is 7.26. The second-order valence-electron chi connectivity index (χ2n) is 5.80. The molecule has 0 aliphatic rings. The van der Waals surface area contributed by atoms with Gasteiger partial charge in [-0.15, -0.1) is 0 Å². The Balaban J connectivity index is 1.51. The number of carbonyl (C=O) groups is 1. The van der Waals surface area contributed by atoms with Crippen molar-refractivity contribution in [3.63, 3.8) is 0 Å². The zero-order valence-corrected chi connectivity index (χ0v) is 16.1. The van der Waals surface area contributed by atoms with Gasteiger partial charge >= 0.3 is 0 Å². The van der Waals surface area contributed by atoms with Crippen LogP contribution in [0.5, 0.6) is 5.75 Å². The van der Waals surface area contributed by atoms with Crippen LogP contribution in [0.25, 0.3) is 5.69 Å². The third-order valence-electron chi connectivity index (χ3n) is 3.94. The second-order valence-corrected chi connectivity index (χ2v) is 6.72. The van der Waals surface area contributed by atoms with Crippen molar-refractivity contribution in [3.05, 3.63) is 76.5 Å². The van der Waals surface area contributed by atoms with E-state index in [-0.39, 0.29) is 5.91 Å². The summed E-state index contributed by atoms with van der Waals surface area (Å²) in [6.45, 7) is 3.00. The van der Waals surface area contributed by atoms with Crippen LogP contribution >= 0.6 is 15.9 Å². The molecule has 0 saturated carbocycles. The zero-order chi connectivity index (χ0) is 18.4. The lowest BCUT2D eigenvalue weighted by Gasteiger charge is -2.08. The van der Waals surface area contributed by atoms with Crippen LogP contribution in [-0.4, -0.2) is 28.8 Å². The van der Waals surface area contributed by atoms with Gasteiger partial charge in [0.1, 0.15) is 5.75 Å². The molecule has 0 spiro atoms. The third kappa shape index (κ3) is 4.52. The molecule has 26 heavy (non-hydrogen) atoms. The van der Waals surface area contributed by atoms with Crippen molar-refractivity contribution >= 4 is 21.8 Å². The molecule has 0 aliphatic carbocycles. The first-order chi connectivity index (χ1) is 12.6. The highest BCUT2D eigenvalue weighted by molar-refractivity contribution is 9.10. The molecular weight excluding hydrogens is 394 g/mol. The molecule has 0 radical (unpaired) electrons. The van der Waals surface area contributed by atoms with Crippen molar-refractivity contribution in [3.8, 4) is 11.4 Å². The molecule has 0 fully saturated rings. The predicted octanol–water partition coefficient (Wildman–Crippen LogP) is 4.14. The molecule has 1 N–H and O–H groups in total. The third-order valence-corrected chi connectivity index (χ3v) is 4.47. The first kappa shape index (κ1) is 18.2. The molecule has 1 heterocycles. The van der Waals surface area contributed by atoms with E-state index in [4.69, 9.17) is 4.74 Å². The quantitative estimate of drug-likeness (QED) is 0.592. The lowest BCUT2D eigenvalue weighted by molar-refractivity contribution is 0.0951. The van der Waals surface area contributed by atoms with Crippen molar-refractivity contribution in [1.29, 1.82) is 0 Å². The molecule has 0 unspecified atom stereocenters. The standard InChI is InChI=1S/C20H20BrN3O2/c1-15-19(14-23-24(15)17-10-8-16(21)9-11-17)20(25)22-12-5-13-26-18-6-3-2-4-7-18/h2-4,6-11,14H,5,12-13H2,1H3,(H,22,25). The molecule has 0 atom stereocenters. The van der Waals surface area contributed by atoms with Gasteiger partial charge in [0.25, 0.3) is 5.91 Å². The second kappa shape index (κ2) is 8.67. The largest absolute Gasteiger partial charge is 0.494 e. The van der Waals surface area contributed by atoms with E-state index in [0.29, 0.717) is 18.7 Å². The molecule has 134 valence electrons. The number of rotatable bonds is 7. The molecule has 0 bridgehead atoms. The summed E-state index contributed by atoms with van der Waals surface area (Å²) in [5.74, 6) is 0.719. The Bertz CT molecular complexity index is 861. The smallest absolute Gasteiger partial charge is 0.254 e. The van der Waals surface area contributed by atoms with Gasteiger partial charge in [0.05, 0.1) is 29.7 Å². The van der Waals surface area contributed by atoms with Crippen LogP contribution in [0.1, 0.15) is 22.5 Å². The lowest BCUT2D eigenvalue weighted by atomic mass is 10.2. The highest BCUT2D eigenvalue weighted by atomic mass is 79.9. The summed E-state index contributed by atoms with van der Waals surface area (Å²) in [6, 6.07) is 17.4. The minimum absolute atomic E-state index is 0.120. The predicted molar refractivity (Wildman–Crippen MR) is 105 cm³/mol. The van der Waals surface area contributed by atoms with Crippen molar-refractivity contribution in [2.75, 3.05) is 13.2 Å². The maximum Gasteiger partial charge on any atom is 0.254 e. The van der Waals surface area contributed by atoms with Gasteiger partial charge in [-0.05, 0) is 49.7 Å². The Kier molecular flexibility index (Phi) is 6.07. The van der Waals surface area contributed by atoms with E-state index in [9.17, 15) is 4.79 Å².